The number of anilines is 2. The van der Waals surface area contributed by atoms with Crippen molar-refractivity contribution in [2.24, 2.45) is 17.6 Å². The molecule has 0 heterocycles. The third-order valence-corrected chi connectivity index (χ3v) is 8.77. The average molecular weight is 622 g/mol. The monoisotopic (exact) mass is 621 g/mol. The van der Waals surface area contributed by atoms with Crippen LogP contribution in [0.3, 0.4) is 0 Å². The van der Waals surface area contributed by atoms with Gasteiger partial charge in [0.25, 0.3) is 17.5 Å². The maximum Gasteiger partial charge on any atom is 0.269 e. The Bertz CT molecular complexity index is 1760. The molecule has 236 valence electrons. The van der Waals surface area contributed by atoms with E-state index in [2.05, 4.69) is 5.32 Å². The molecular formula is C30H31N5O10. The first-order chi connectivity index (χ1) is 21.0. The van der Waals surface area contributed by atoms with E-state index in [1.165, 1.54) is 23.1 Å². The number of benzene rings is 2. The van der Waals surface area contributed by atoms with Gasteiger partial charge in [0.15, 0.2) is 17.1 Å². The minimum atomic E-state index is -2.79. The average Bonchev–Trinajstić information content (AvgIpc) is 2.95. The van der Waals surface area contributed by atoms with Gasteiger partial charge in [0.05, 0.1) is 22.2 Å². The fraction of sp³-hybridized carbons (Fsp3) is 0.333. The number of nitro benzene ring substituents is 1. The predicted molar refractivity (Wildman–Crippen MR) is 159 cm³/mol. The van der Waals surface area contributed by atoms with Crippen LogP contribution in [-0.4, -0.2) is 93.5 Å². The fourth-order valence-electron chi connectivity index (χ4n) is 6.72. The Morgan fingerprint density at radius 1 is 1.09 bits per heavy atom. The van der Waals surface area contributed by atoms with Gasteiger partial charge in [0.2, 0.25) is 5.78 Å². The summed E-state index contributed by atoms with van der Waals surface area (Å²) >= 11 is 0. The van der Waals surface area contributed by atoms with E-state index in [1.54, 1.807) is 33.1 Å². The van der Waals surface area contributed by atoms with Crippen molar-refractivity contribution in [3.05, 3.63) is 79.8 Å². The van der Waals surface area contributed by atoms with Crippen LogP contribution in [0.5, 0.6) is 5.75 Å². The summed E-state index contributed by atoms with van der Waals surface area (Å²) in [6.45, 7) is 0. The first kappa shape index (κ1) is 31.2. The first-order valence-electron chi connectivity index (χ1n) is 13.8. The van der Waals surface area contributed by atoms with Gasteiger partial charge >= 0.3 is 0 Å². The minimum Gasteiger partial charge on any atom is -0.510 e. The minimum absolute atomic E-state index is 0.0317. The number of phenols is 1. The molecule has 2 amide bonds. The van der Waals surface area contributed by atoms with Crippen molar-refractivity contribution in [2.45, 2.75) is 24.5 Å². The number of aliphatic hydroxyl groups is 3. The highest BCUT2D eigenvalue weighted by Gasteiger charge is 2.63. The number of likely N-dealkylation sites (N-methyl/N-ethyl adjacent to an activating group) is 1. The van der Waals surface area contributed by atoms with Crippen LogP contribution in [0.15, 0.2) is 53.0 Å². The smallest absolute Gasteiger partial charge is 0.269 e. The van der Waals surface area contributed by atoms with Crippen LogP contribution in [0, 0.1) is 22.0 Å². The molecule has 7 N–H and O–H groups in total. The van der Waals surface area contributed by atoms with E-state index in [0.717, 1.165) is 12.1 Å². The number of nitro groups is 1. The van der Waals surface area contributed by atoms with E-state index in [0.29, 0.717) is 11.3 Å². The second kappa shape index (κ2) is 10.7. The number of fused-ring (bicyclic) bond motifs is 3. The number of phenolic OH excluding ortho intramolecular Hbond substituents is 1. The highest BCUT2D eigenvalue weighted by atomic mass is 16.6. The third-order valence-electron chi connectivity index (χ3n) is 8.77. The third kappa shape index (κ3) is 4.58. The van der Waals surface area contributed by atoms with Crippen LogP contribution < -0.4 is 16.0 Å². The molecule has 2 aromatic rings. The Balaban J connectivity index is 1.64. The summed E-state index contributed by atoms with van der Waals surface area (Å²) in [5.41, 5.74) is 1.51. The molecule has 0 saturated carbocycles. The number of hydrogen-bond acceptors (Lipinski definition) is 12. The molecule has 3 aliphatic rings. The summed E-state index contributed by atoms with van der Waals surface area (Å²) in [6.07, 6.45) is -0.00971. The number of nitrogens with zero attached hydrogens (tertiary/aromatic N) is 3. The molecular weight excluding hydrogens is 590 g/mol. The number of aliphatic hydroxyl groups excluding tert-OH is 2. The molecule has 2 unspecified atom stereocenters. The second-order valence-electron chi connectivity index (χ2n) is 11.8. The van der Waals surface area contributed by atoms with Crippen LogP contribution >= 0.6 is 0 Å². The van der Waals surface area contributed by atoms with Crippen LogP contribution in [-0.2, 0) is 16.0 Å². The van der Waals surface area contributed by atoms with E-state index in [1.807, 2.05) is 0 Å². The maximum absolute atomic E-state index is 14.1. The Labute approximate surface area is 256 Å². The molecule has 2 aromatic carbocycles. The summed E-state index contributed by atoms with van der Waals surface area (Å²) in [4.78, 5) is 66.3. The SMILES string of the molecule is CN(C)c1cc(NC(=O)c2ccc([N+](=O)[O-])cc2)c(O)c2c1CC1CC3[C@H](N(C)C)C(O)=C(C(N)=O)C(=O)[C@@]3(O)C(O)=C1C2=O. The number of carbonyl (C=O) groups is 4. The van der Waals surface area contributed by atoms with Crippen LogP contribution in [0.4, 0.5) is 17.1 Å². The number of allylic oxidation sites excluding steroid dienone is 1. The van der Waals surface area contributed by atoms with Gasteiger partial charge in [-0.15, -0.1) is 0 Å². The largest absolute Gasteiger partial charge is 0.510 e. The second-order valence-corrected chi connectivity index (χ2v) is 11.8. The summed E-state index contributed by atoms with van der Waals surface area (Å²) in [5.74, 6) is -8.56. The van der Waals surface area contributed by atoms with Crippen molar-refractivity contribution in [1.82, 2.24) is 4.90 Å². The van der Waals surface area contributed by atoms with Crippen molar-refractivity contribution in [3.8, 4) is 5.75 Å². The van der Waals surface area contributed by atoms with Gasteiger partial charge in [-0.05, 0) is 56.6 Å². The topological polar surface area (TPSA) is 237 Å². The maximum atomic E-state index is 14.1. The zero-order valence-corrected chi connectivity index (χ0v) is 24.7. The van der Waals surface area contributed by atoms with Crippen LogP contribution in [0.1, 0.15) is 32.7 Å². The molecule has 0 spiro atoms. The fourth-order valence-corrected chi connectivity index (χ4v) is 6.72. The van der Waals surface area contributed by atoms with E-state index in [9.17, 15) is 49.7 Å². The number of non-ortho nitro benzene ring substituents is 1. The molecule has 0 bridgehead atoms. The number of aromatic hydroxyl groups is 1. The highest BCUT2D eigenvalue weighted by Crippen LogP contribution is 2.54. The normalized spacial score (nSPS) is 24.2. The molecule has 15 nitrogen and oxygen atoms in total. The Hall–Kier alpha value is -5.28. The lowest BCUT2D eigenvalue weighted by Gasteiger charge is -2.50. The Morgan fingerprint density at radius 3 is 2.24 bits per heavy atom. The Kier molecular flexibility index (Phi) is 7.41. The summed E-state index contributed by atoms with van der Waals surface area (Å²) in [5, 5.41) is 59.0. The first-order valence-corrected chi connectivity index (χ1v) is 13.8. The number of nitrogens with two attached hydrogens (primary N) is 1. The lowest BCUT2D eigenvalue weighted by Crippen LogP contribution is -2.63. The van der Waals surface area contributed by atoms with Crippen molar-refractivity contribution in [1.29, 1.82) is 0 Å². The molecule has 45 heavy (non-hydrogen) atoms. The van der Waals surface area contributed by atoms with Crippen molar-refractivity contribution in [3.63, 3.8) is 0 Å². The van der Waals surface area contributed by atoms with Crippen LogP contribution in [0.2, 0.25) is 0 Å². The molecule has 0 aromatic heterocycles. The number of amides is 2. The van der Waals surface area contributed by atoms with Crippen molar-refractivity contribution >= 4 is 40.4 Å². The predicted octanol–water partition coefficient (Wildman–Crippen LogP) is 1.35. The van der Waals surface area contributed by atoms with Gasteiger partial charge in [-0.2, -0.15) is 0 Å². The van der Waals surface area contributed by atoms with Crippen molar-refractivity contribution < 1.29 is 44.5 Å². The standard InChI is InChI=1S/C30H31N5O10/c1-33(2)18-11-17(32-29(42)12-5-7-14(8-6-12)35(44)45)23(36)20-15(18)9-13-10-16-22(34(3)4)25(38)21(28(31)41)27(40)30(16,43)26(39)19(13)24(20)37/h5-8,11,13,16,22,36,38-39,43H,9-10H2,1-4H3,(H2,31,41)(H,32,42)/t13?,16?,22-,30-/m0/s1. The summed E-state index contributed by atoms with van der Waals surface area (Å²) in [7, 11) is 6.44. The molecule has 3 aliphatic carbocycles. The number of nitrogens with one attached hydrogen (secondary N) is 1. The van der Waals surface area contributed by atoms with Gasteiger partial charge in [-0.1, -0.05) is 0 Å². The van der Waals surface area contributed by atoms with Gasteiger partial charge in [-0.25, -0.2) is 0 Å². The summed E-state index contributed by atoms with van der Waals surface area (Å²) in [6, 6.07) is 5.07. The quantitative estimate of drug-likeness (QED) is 0.116. The number of primary amides is 1. The number of ketones is 2. The van der Waals surface area contributed by atoms with Crippen LogP contribution in [0.25, 0.3) is 0 Å². The van der Waals surface area contributed by atoms with Gasteiger partial charge in [-0.3, -0.25) is 34.2 Å². The number of hydrogen-bond donors (Lipinski definition) is 6. The molecule has 5 rings (SSSR count). The van der Waals surface area contributed by atoms with Gasteiger partial charge in [0, 0.05) is 49.0 Å². The number of carbonyl (C=O) groups excluding carboxylic acids is 4. The molecule has 0 fully saturated rings. The lowest BCUT2D eigenvalue weighted by atomic mass is 9.58. The van der Waals surface area contributed by atoms with Crippen molar-refractivity contribution in [2.75, 3.05) is 38.4 Å². The van der Waals surface area contributed by atoms with Gasteiger partial charge < -0.3 is 36.4 Å². The lowest BCUT2D eigenvalue weighted by molar-refractivity contribution is -0.384. The van der Waals surface area contributed by atoms with E-state index in [4.69, 9.17) is 5.73 Å². The molecule has 0 aliphatic heterocycles. The number of rotatable bonds is 6. The van der Waals surface area contributed by atoms with E-state index >= 15 is 0 Å². The molecule has 4 atom stereocenters. The Morgan fingerprint density at radius 2 is 1.71 bits per heavy atom. The highest BCUT2D eigenvalue weighted by molar-refractivity contribution is 6.25. The van der Waals surface area contributed by atoms with Gasteiger partial charge in [0.1, 0.15) is 17.1 Å². The van der Waals surface area contributed by atoms with E-state index < -0.39 is 74.6 Å². The summed E-state index contributed by atoms with van der Waals surface area (Å²) < 4.78 is 0. The molecule has 0 saturated heterocycles. The zero-order valence-electron chi connectivity index (χ0n) is 24.7. The van der Waals surface area contributed by atoms with E-state index in [-0.39, 0.29) is 40.9 Å². The molecule has 15 heteroatoms. The zero-order chi connectivity index (χ0) is 33.3. The molecule has 0 radical (unpaired) electrons. The number of Topliss-reactive ketones (excluding diaryl/α,β-unsaturated/α-hetero) is 2.